The summed E-state index contributed by atoms with van der Waals surface area (Å²) in [6.45, 7) is 4.36. The van der Waals surface area contributed by atoms with Crippen molar-refractivity contribution in [3.63, 3.8) is 0 Å². The molecule has 1 aromatic carbocycles. The fraction of sp³-hybridized carbons (Fsp3) is 0.429. The second-order valence-corrected chi connectivity index (χ2v) is 5.62. The van der Waals surface area contributed by atoms with Gasteiger partial charge in [-0.1, -0.05) is 0 Å². The predicted octanol–water partition coefficient (Wildman–Crippen LogP) is 2.90. The number of ether oxygens (including phenoxy) is 2. The number of hydrogen-bond donors (Lipinski definition) is 2. The first-order valence-corrected chi connectivity index (χ1v) is 6.52. The normalized spacial score (nSPS) is 12.5. The number of carbonyl (C=O) groups excluding carboxylic acids is 1. The molecule has 0 fully saturated rings. The maximum absolute atomic E-state index is 14.0. The van der Waals surface area contributed by atoms with Gasteiger partial charge in [0, 0.05) is 0 Å². The Balaban J connectivity index is 3.38. The molecule has 0 aliphatic carbocycles. The fourth-order valence-corrected chi connectivity index (χ4v) is 1.74. The zero-order chi connectivity index (χ0) is 18.8. The molecule has 0 saturated carbocycles. The van der Waals surface area contributed by atoms with Gasteiger partial charge in [-0.3, -0.25) is 0 Å². The van der Waals surface area contributed by atoms with E-state index < -0.39 is 58.3 Å². The number of methoxy groups -OCH3 is 1. The summed E-state index contributed by atoms with van der Waals surface area (Å²) in [7, 11) is 0.772. The van der Waals surface area contributed by atoms with Gasteiger partial charge in [0.15, 0.2) is 23.4 Å². The van der Waals surface area contributed by atoms with Crippen LogP contribution in [0, 0.1) is 23.3 Å². The SMILES string of the molecule is COc1c(F)c(F)c(C(NC(=O)OC(C)(C)C)C(=O)O)c(F)c1F. The first-order valence-electron chi connectivity index (χ1n) is 6.52. The maximum atomic E-state index is 14.0. The molecule has 6 nitrogen and oxygen atoms in total. The molecular weight excluding hydrogens is 338 g/mol. The molecule has 134 valence electrons. The van der Waals surface area contributed by atoms with Crippen molar-refractivity contribution in [2.24, 2.45) is 0 Å². The van der Waals surface area contributed by atoms with E-state index in [0.29, 0.717) is 0 Å². The standard InChI is InChI=1S/C14H15F4NO5/c1-14(2,3)24-13(22)19-10(12(20)21)5-6(15)8(17)11(23-4)9(18)7(5)16/h10H,1-4H3,(H,19,22)(H,20,21). The molecule has 0 bridgehead atoms. The van der Waals surface area contributed by atoms with Crippen LogP contribution in [-0.2, 0) is 9.53 Å². The number of carboxylic acid groups (broad SMARTS) is 1. The second kappa shape index (κ2) is 6.93. The first kappa shape index (κ1) is 19.5. The summed E-state index contributed by atoms with van der Waals surface area (Å²) in [5.41, 5.74) is -2.56. The Labute approximate surface area is 134 Å². The Bertz CT molecular complexity index is 643. The topological polar surface area (TPSA) is 84.9 Å². The molecule has 1 aromatic rings. The van der Waals surface area contributed by atoms with E-state index >= 15 is 0 Å². The number of benzene rings is 1. The summed E-state index contributed by atoms with van der Waals surface area (Å²) < 4.78 is 64.3. The van der Waals surface area contributed by atoms with Crippen LogP contribution in [0.25, 0.3) is 0 Å². The van der Waals surface area contributed by atoms with E-state index in [1.165, 1.54) is 20.8 Å². The summed E-state index contributed by atoms with van der Waals surface area (Å²) in [6.07, 6.45) is -1.34. The van der Waals surface area contributed by atoms with Crippen LogP contribution in [-0.4, -0.2) is 29.9 Å². The molecule has 0 heterocycles. The lowest BCUT2D eigenvalue weighted by molar-refractivity contribution is -0.139. The average Bonchev–Trinajstić information content (AvgIpc) is 2.43. The summed E-state index contributed by atoms with van der Waals surface area (Å²) in [6, 6.07) is -2.42. The number of aliphatic carboxylic acids is 1. The molecule has 0 spiro atoms. The van der Waals surface area contributed by atoms with Crippen LogP contribution in [0.3, 0.4) is 0 Å². The highest BCUT2D eigenvalue weighted by molar-refractivity contribution is 5.81. The molecule has 1 atom stereocenters. The third kappa shape index (κ3) is 4.06. The zero-order valence-electron chi connectivity index (χ0n) is 13.2. The lowest BCUT2D eigenvalue weighted by Crippen LogP contribution is -2.39. The van der Waals surface area contributed by atoms with Gasteiger partial charge in [-0.2, -0.15) is 8.78 Å². The van der Waals surface area contributed by atoms with Gasteiger partial charge in [0.2, 0.25) is 11.6 Å². The van der Waals surface area contributed by atoms with Crippen molar-refractivity contribution in [3.05, 3.63) is 28.8 Å². The lowest BCUT2D eigenvalue weighted by Gasteiger charge is -2.23. The highest BCUT2D eigenvalue weighted by atomic mass is 19.2. The first-order chi connectivity index (χ1) is 10.9. The summed E-state index contributed by atoms with van der Waals surface area (Å²) in [5.74, 6) is -11.2. The van der Waals surface area contributed by atoms with Gasteiger partial charge in [0.25, 0.3) is 0 Å². The second-order valence-electron chi connectivity index (χ2n) is 5.62. The Morgan fingerprint density at radius 3 is 1.83 bits per heavy atom. The molecule has 2 N–H and O–H groups in total. The van der Waals surface area contributed by atoms with Crippen LogP contribution in [0.1, 0.15) is 32.4 Å². The van der Waals surface area contributed by atoms with E-state index in [4.69, 9.17) is 9.84 Å². The van der Waals surface area contributed by atoms with Crippen molar-refractivity contribution in [3.8, 4) is 5.75 Å². The smallest absolute Gasteiger partial charge is 0.408 e. The van der Waals surface area contributed by atoms with Crippen molar-refractivity contribution >= 4 is 12.1 Å². The molecule has 10 heteroatoms. The summed E-state index contributed by atoms with van der Waals surface area (Å²) >= 11 is 0. The van der Waals surface area contributed by atoms with Gasteiger partial charge in [0.05, 0.1) is 12.7 Å². The van der Waals surface area contributed by atoms with Gasteiger partial charge in [-0.25, -0.2) is 18.4 Å². The number of hydrogen-bond acceptors (Lipinski definition) is 4. The number of nitrogens with one attached hydrogen (secondary N) is 1. The Morgan fingerprint density at radius 1 is 1.04 bits per heavy atom. The van der Waals surface area contributed by atoms with Crippen LogP contribution >= 0.6 is 0 Å². The fourth-order valence-electron chi connectivity index (χ4n) is 1.74. The van der Waals surface area contributed by atoms with E-state index in [2.05, 4.69) is 4.74 Å². The highest BCUT2D eigenvalue weighted by Crippen LogP contribution is 2.33. The van der Waals surface area contributed by atoms with E-state index in [0.717, 1.165) is 7.11 Å². The molecule has 1 rings (SSSR count). The van der Waals surface area contributed by atoms with Gasteiger partial charge in [-0.05, 0) is 20.8 Å². The largest absolute Gasteiger partial charge is 0.491 e. The highest BCUT2D eigenvalue weighted by Gasteiger charge is 2.36. The number of halogens is 4. The minimum atomic E-state index is -2.42. The molecule has 1 unspecified atom stereocenters. The third-order valence-corrected chi connectivity index (χ3v) is 2.66. The Hall–Kier alpha value is -2.52. The lowest BCUT2D eigenvalue weighted by atomic mass is 10.0. The molecular formula is C14H15F4NO5. The molecule has 1 amide bonds. The zero-order valence-corrected chi connectivity index (χ0v) is 13.2. The van der Waals surface area contributed by atoms with E-state index in [-0.39, 0.29) is 0 Å². The number of alkyl carbamates (subject to hydrolysis) is 1. The van der Waals surface area contributed by atoms with Crippen molar-refractivity contribution in [2.75, 3.05) is 7.11 Å². The van der Waals surface area contributed by atoms with Crippen LogP contribution in [0.15, 0.2) is 0 Å². The Morgan fingerprint density at radius 2 is 1.50 bits per heavy atom. The van der Waals surface area contributed by atoms with Gasteiger partial charge >= 0.3 is 12.1 Å². The van der Waals surface area contributed by atoms with Crippen LogP contribution < -0.4 is 10.1 Å². The third-order valence-electron chi connectivity index (χ3n) is 2.66. The van der Waals surface area contributed by atoms with Crippen molar-refractivity contribution in [2.45, 2.75) is 32.4 Å². The molecule has 0 saturated heterocycles. The van der Waals surface area contributed by atoms with E-state index in [1.54, 1.807) is 5.32 Å². The maximum Gasteiger partial charge on any atom is 0.408 e. The van der Waals surface area contributed by atoms with Gasteiger partial charge in [-0.15, -0.1) is 0 Å². The van der Waals surface area contributed by atoms with Crippen molar-refractivity contribution < 1.29 is 41.7 Å². The number of rotatable bonds is 4. The number of amides is 1. The predicted molar refractivity (Wildman–Crippen MR) is 72.6 cm³/mol. The van der Waals surface area contributed by atoms with Crippen molar-refractivity contribution in [1.82, 2.24) is 5.32 Å². The minimum Gasteiger partial charge on any atom is -0.491 e. The number of carbonyl (C=O) groups is 2. The minimum absolute atomic E-state index is 0.772. The van der Waals surface area contributed by atoms with E-state index in [9.17, 15) is 27.2 Å². The van der Waals surface area contributed by atoms with Crippen molar-refractivity contribution in [1.29, 1.82) is 0 Å². The van der Waals surface area contributed by atoms with Gasteiger partial charge in [0.1, 0.15) is 5.60 Å². The van der Waals surface area contributed by atoms with Gasteiger partial charge < -0.3 is 19.9 Å². The quantitative estimate of drug-likeness (QED) is 0.642. The van der Waals surface area contributed by atoms with E-state index in [1.807, 2.05) is 0 Å². The molecule has 0 radical (unpaired) electrons. The number of carboxylic acids is 1. The van der Waals surface area contributed by atoms with Crippen LogP contribution in [0.4, 0.5) is 22.4 Å². The molecule has 24 heavy (non-hydrogen) atoms. The molecule has 0 aromatic heterocycles. The monoisotopic (exact) mass is 353 g/mol. The molecule has 0 aliphatic heterocycles. The summed E-state index contributed by atoms with van der Waals surface area (Å²) in [5, 5.41) is 10.7. The van der Waals surface area contributed by atoms with Crippen LogP contribution in [0.5, 0.6) is 5.75 Å². The Kier molecular flexibility index (Phi) is 5.64. The summed E-state index contributed by atoms with van der Waals surface area (Å²) in [4.78, 5) is 22.8. The molecule has 0 aliphatic rings. The average molecular weight is 353 g/mol. The van der Waals surface area contributed by atoms with Crippen LogP contribution in [0.2, 0.25) is 0 Å².